The molecule has 0 atom stereocenters. The molecule has 0 saturated carbocycles. The maximum absolute atomic E-state index is 5.90. The van der Waals surface area contributed by atoms with Crippen molar-refractivity contribution in [1.29, 1.82) is 0 Å². The average molecular weight is 272 g/mol. The first-order valence-corrected chi connectivity index (χ1v) is 6.74. The number of ether oxygens (including phenoxy) is 2. The molecule has 0 unspecified atom stereocenters. The normalized spacial score (nSPS) is 10.3. The van der Waals surface area contributed by atoms with Gasteiger partial charge in [-0.05, 0) is 36.7 Å². The van der Waals surface area contributed by atoms with Crippen molar-refractivity contribution in [2.75, 3.05) is 20.3 Å². The molecule has 4 nitrogen and oxygen atoms in total. The van der Waals surface area contributed by atoms with Crippen LogP contribution in [0.4, 0.5) is 0 Å². The lowest BCUT2D eigenvalue weighted by Crippen LogP contribution is -2.08. The van der Waals surface area contributed by atoms with Gasteiger partial charge in [0.2, 0.25) is 0 Å². The second-order valence-electron chi connectivity index (χ2n) is 4.41. The topological polar surface area (TPSA) is 57.4 Å². The van der Waals surface area contributed by atoms with Crippen molar-refractivity contribution < 1.29 is 9.47 Å². The standard InChI is InChI=1S/C16H20N2O2/c1-19-15-7-4-5-13(8-10-17)16(15)20-12-9-14-6-2-3-11-18-14/h2-7,11H,8-10,12,17H2,1H3. The molecule has 4 heteroatoms. The van der Waals surface area contributed by atoms with Crippen LogP contribution in [0.25, 0.3) is 0 Å². The van der Waals surface area contributed by atoms with Gasteiger partial charge in [-0.3, -0.25) is 4.98 Å². The Hall–Kier alpha value is -2.07. The first-order valence-electron chi connectivity index (χ1n) is 6.74. The Morgan fingerprint density at radius 2 is 2.00 bits per heavy atom. The van der Waals surface area contributed by atoms with E-state index in [4.69, 9.17) is 15.2 Å². The van der Waals surface area contributed by atoms with Gasteiger partial charge >= 0.3 is 0 Å². The van der Waals surface area contributed by atoms with E-state index >= 15 is 0 Å². The van der Waals surface area contributed by atoms with E-state index in [9.17, 15) is 0 Å². The van der Waals surface area contributed by atoms with Crippen LogP contribution in [0, 0.1) is 0 Å². The van der Waals surface area contributed by atoms with Crippen LogP contribution in [-0.2, 0) is 12.8 Å². The van der Waals surface area contributed by atoms with Gasteiger partial charge in [-0.2, -0.15) is 0 Å². The first kappa shape index (κ1) is 14.3. The van der Waals surface area contributed by atoms with Gasteiger partial charge in [0.25, 0.3) is 0 Å². The molecular weight excluding hydrogens is 252 g/mol. The molecule has 2 aromatic rings. The highest BCUT2D eigenvalue weighted by molar-refractivity contribution is 5.46. The number of aromatic nitrogens is 1. The van der Waals surface area contributed by atoms with Crippen molar-refractivity contribution in [1.82, 2.24) is 4.98 Å². The van der Waals surface area contributed by atoms with E-state index in [-0.39, 0.29) is 0 Å². The molecule has 2 rings (SSSR count). The predicted molar refractivity (Wildman–Crippen MR) is 79.2 cm³/mol. The molecule has 0 radical (unpaired) electrons. The molecule has 0 aliphatic carbocycles. The van der Waals surface area contributed by atoms with Crippen LogP contribution in [0.2, 0.25) is 0 Å². The Bertz CT molecular complexity index is 529. The predicted octanol–water partition coefficient (Wildman–Crippen LogP) is 2.21. The third-order valence-corrected chi connectivity index (χ3v) is 3.02. The van der Waals surface area contributed by atoms with E-state index < -0.39 is 0 Å². The Balaban J connectivity index is 2.04. The van der Waals surface area contributed by atoms with Gasteiger partial charge in [-0.1, -0.05) is 18.2 Å². The molecule has 106 valence electrons. The lowest BCUT2D eigenvalue weighted by Gasteiger charge is -2.14. The average Bonchev–Trinajstić information content (AvgIpc) is 2.50. The fourth-order valence-electron chi connectivity index (χ4n) is 2.04. The number of nitrogens with zero attached hydrogens (tertiary/aromatic N) is 1. The quantitative estimate of drug-likeness (QED) is 0.839. The lowest BCUT2D eigenvalue weighted by atomic mass is 10.1. The molecule has 1 aromatic carbocycles. The largest absolute Gasteiger partial charge is 0.493 e. The van der Waals surface area contributed by atoms with Crippen LogP contribution < -0.4 is 15.2 Å². The molecule has 1 heterocycles. The second kappa shape index (κ2) is 7.50. The lowest BCUT2D eigenvalue weighted by molar-refractivity contribution is 0.293. The second-order valence-corrected chi connectivity index (χ2v) is 4.41. The van der Waals surface area contributed by atoms with Crippen molar-refractivity contribution in [3.05, 3.63) is 53.9 Å². The number of rotatable bonds is 7. The van der Waals surface area contributed by atoms with Crippen LogP contribution in [0.15, 0.2) is 42.6 Å². The summed E-state index contributed by atoms with van der Waals surface area (Å²) >= 11 is 0. The van der Waals surface area contributed by atoms with E-state index in [1.165, 1.54) is 0 Å². The fourth-order valence-corrected chi connectivity index (χ4v) is 2.04. The summed E-state index contributed by atoms with van der Waals surface area (Å²) in [4.78, 5) is 4.28. The summed E-state index contributed by atoms with van der Waals surface area (Å²) in [5.74, 6) is 1.54. The molecule has 20 heavy (non-hydrogen) atoms. The molecule has 0 amide bonds. The summed E-state index contributed by atoms with van der Waals surface area (Å²) in [6, 6.07) is 11.7. The van der Waals surface area contributed by atoms with Crippen molar-refractivity contribution in [2.45, 2.75) is 12.8 Å². The van der Waals surface area contributed by atoms with Crippen LogP contribution in [-0.4, -0.2) is 25.2 Å². The van der Waals surface area contributed by atoms with Crippen molar-refractivity contribution in [3.63, 3.8) is 0 Å². The maximum Gasteiger partial charge on any atom is 0.164 e. The maximum atomic E-state index is 5.90. The monoisotopic (exact) mass is 272 g/mol. The molecule has 2 N–H and O–H groups in total. The summed E-state index contributed by atoms with van der Waals surface area (Å²) < 4.78 is 11.2. The molecule has 1 aromatic heterocycles. The van der Waals surface area contributed by atoms with Crippen LogP contribution >= 0.6 is 0 Å². The third-order valence-electron chi connectivity index (χ3n) is 3.02. The van der Waals surface area contributed by atoms with Gasteiger partial charge in [0.05, 0.1) is 13.7 Å². The molecule has 0 saturated heterocycles. The first-order chi connectivity index (χ1) is 9.85. The van der Waals surface area contributed by atoms with E-state index in [2.05, 4.69) is 4.98 Å². The zero-order chi connectivity index (χ0) is 14.2. The summed E-state index contributed by atoms with van der Waals surface area (Å²) in [5.41, 5.74) is 7.73. The minimum atomic E-state index is 0.564. The van der Waals surface area contributed by atoms with Crippen LogP contribution in [0.1, 0.15) is 11.3 Å². The summed E-state index contributed by atoms with van der Waals surface area (Å²) in [6.45, 7) is 1.15. The van der Waals surface area contributed by atoms with E-state index in [1.54, 1.807) is 13.3 Å². The van der Waals surface area contributed by atoms with Gasteiger partial charge in [0.1, 0.15) is 0 Å². The Labute approximate surface area is 119 Å². The molecule has 0 aliphatic heterocycles. The zero-order valence-corrected chi connectivity index (χ0v) is 11.7. The molecule has 0 aliphatic rings. The van der Waals surface area contributed by atoms with Crippen LogP contribution in [0.3, 0.4) is 0 Å². The van der Waals surface area contributed by atoms with Crippen LogP contribution in [0.5, 0.6) is 11.5 Å². The number of para-hydroxylation sites is 1. The number of benzene rings is 1. The highest BCUT2D eigenvalue weighted by Crippen LogP contribution is 2.31. The van der Waals surface area contributed by atoms with E-state index in [1.807, 2.05) is 36.4 Å². The van der Waals surface area contributed by atoms with Gasteiger partial charge in [0, 0.05) is 18.3 Å². The number of pyridine rings is 1. The third kappa shape index (κ3) is 3.71. The number of hydrogen-bond acceptors (Lipinski definition) is 4. The minimum Gasteiger partial charge on any atom is -0.493 e. The van der Waals surface area contributed by atoms with E-state index in [0.29, 0.717) is 13.2 Å². The van der Waals surface area contributed by atoms with Crippen molar-refractivity contribution in [3.8, 4) is 11.5 Å². The Kier molecular flexibility index (Phi) is 5.38. The molecule has 0 spiro atoms. The Morgan fingerprint density at radius 1 is 1.10 bits per heavy atom. The van der Waals surface area contributed by atoms with Gasteiger partial charge in [-0.25, -0.2) is 0 Å². The summed E-state index contributed by atoms with van der Waals surface area (Å²) in [6.07, 6.45) is 3.33. The van der Waals surface area contributed by atoms with Crippen molar-refractivity contribution in [2.24, 2.45) is 5.73 Å². The zero-order valence-electron chi connectivity index (χ0n) is 11.7. The molecule has 0 bridgehead atoms. The number of hydrogen-bond donors (Lipinski definition) is 1. The van der Waals surface area contributed by atoms with Crippen molar-refractivity contribution >= 4 is 0 Å². The van der Waals surface area contributed by atoms with Gasteiger partial charge in [-0.15, -0.1) is 0 Å². The number of nitrogens with two attached hydrogens (primary N) is 1. The molecular formula is C16H20N2O2. The fraction of sp³-hybridized carbons (Fsp3) is 0.312. The highest BCUT2D eigenvalue weighted by atomic mass is 16.5. The molecule has 0 fully saturated rings. The smallest absolute Gasteiger partial charge is 0.164 e. The van der Waals surface area contributed by atoms with Gasteiger partial charge < -0.3 is 15.2 Å². The minimum absolute atomic E-state index is 0.564. The number of methoxy groups -OCH3 is 1. The highest BCUT2D eigenvalue weighted by Gasteiger charge is 2.10. The summed E-state index contributed by atoms with van der Waals surface area (Å²) in [7, 11) is 1.65. The summed E-state index contributed by atoms with van der Waals surface area (Å²) in [5, 5.41) is 0. The van der Waals surface area contributed by atoms with E-state index in [0.717, 1.165) is 35.6 Å². The Morgan fingerprint density at radius 3 is 2.70 bits per heavy atom. The SMILES string of the molecule is COc1cccc(CCN)c1OCCc1ccccn1. The van der Waals surface area contributed by atoms with Gasteiger partial charge in [0.15, 0.2) is 11.5 Å².